The predicted molar refractivity (Wildman–Crippen MR) is 151 cm³/mol. The molecule has 36 heavy (non-hydrogen) atoms. The highest BCUT2D eigenvalue weighted by atomic mass is 127. The van der Waals surface area contributed by atoms with Gasteiger partial charge in [-0.1, -0.05) is 23.2 Å². The molecule has 2 aliphatic heterocycles. The monoisotopic (exact) mass is 639 g/mol. The number of carbonyl (C=O) groups is 1. The lowest BCUT2D eigenvalue weighted by Gasteiger charge is -2.34. The molecule has 0 aliphatic carbocycles. The number of imidazole rings is 1. The highest BCUT2D eigenvalue weighted by Gasteiger charge is 2.31. The number of likely N-dealkylation sites (tertiary alicyclic amines) is 1. The predicted octanol–water partition coefficient (Wildman–Crippen LogP) is 5.37. The van der Waals surface area contributed by atoms with Crippen molar-refractivity contribution < 1.29 is 9.53 Å². The fraction of sp³-hybridized carbons (Fsp3) is 0.385. The maximum absolute atomic E-state index is 14.0. The lowest BCUT2D eigenvalue weighted by Crippen LogP contribution is -2.49. The molecule has 10 heteroatoms. The van der Waals surface area contributed by atoms with E-state index in [4.69, 9.17) is 32.9 Å². The summed E-state index contributed by atoms with van der Waals surface area (Å²) in [4.78, 5) is 21.3. The van der Waals surface area contributed by atoms with Gasteiger partial charge in [-0.25, -0.2) is 9.99 Å². The van der Waals surface area contributed by atoms with E-state index in [-0.39, 0.29) is 5.91 Å². The summed E-state index contributed by atoms with van der Waals surface area (Å²) >= 11 is 15.2. The molecule has 0 unspecified atom stereocenters. The van der Waals surface area contributed by atoms with Gasteiger partial charge in [-0.05, 0) is 91.0 Å². The first-order valence-corrected chi connectivity index (χ1v) is 13.9. The molecule has 3 heterocycles. The van der Waals surface area contributed by atoms with Crippen molar-refractivity contribution in [3.05, 3.63) is 67.5 Å². The fourth-order valence-corrected chi connectivity index (χ4v) is 5.63. The van der Waals surface area contributed by atoms with Gasteiger partial charge in [0, 0.05) is 46.5 Å². The summed E-state index contributed by atoms with van der Waals surface area (Å²) in [6, 6.07) is 13.6. The standard InChI is InChI=1S/C26H28Cl2IN5O2/c1-31(33-12-14-36-15-13-33)26(35)24-23(17-32-10-2-3-11-32)34(20-7-5-19(29)6-8-20)25(30-24)21-9-4-18(27)16-22(21)28/h4-9,16H,2-3,10-15,17H2,1H3. The first kappa shape index (κ1) is 25.9. The summed E-state index contributed by atoms with van der Waals surface area (Å²) in [5.41, 5.74) is 2.97. The summed E-state index contributed by atoms with van der Waals surface area (Å²) in [5.74, 6) is 0.493. The zero-order chi connectivity index (χ0) is 25.2. The van der Waals surface area contributed by atoms with E-state index >= 15 is 0 Å². The van der Waals surface area contributed by atoms with Gasteiger partial charge in [0.2, 0.25) is 0 Å². The van der Waals surface area contributed by atoms with Gasteiger partial charge >= 0.3 is 0 Å². The van der Waals surface area contributed by atoms with Crippen molar-refractivity contribution in [2.45, 2.75) is 19.4 Å². The summed E-state index contributed by atoms with van der Waals surface area (Å²) in [7, 11) is 1.81. The Labute approximate surface area is 235 Å². The first-order chi connectivity index (χ1) is 17.4. The van der Waals surface area contributed by atoms with E-state index in [0.717, 1.165) is 46.4 Å². The topological polar surface area (TPSA) is 53.8 Å². The molecular weight excluding hydrogens is 612 g/mol. The molecule has 0 atom stereocenters. The average molecular weight is 640 g/mol. The number of rotatable bonds is 6. The summed E-state index contributed by atoms with van der Waals surface area (Å²) in [6.07, 6.45) is 2.31. The third kappa shape index (κ3) is 5.44. The highest BCUT2D eigenvalue weighted by Crippen LogP contribution is 2.34. The molecule has 5 rings (SSSR count). The van der Waals surface area contributed by atoms with E-state index < -0.39 is 0 Å². The van der Waals surface area contributed by atoms with Crippen LogP contribution in [0.3, 0.4) is 0 Å². The van der Waals surface area contributed by atoms with Crippen molar-refractivity contribution in [2.75, 3.05) is 46.4 Å². The van der Waals surface area contributed by atoms with Crippen LogP contribution in [0.4, 0.5) is 0 Å². The van der Waals surface area contributed by atoms with Gasteiger partial charge < -0.3 is 4.74 Å². The van der Waals surface area contributed by atoms with Crippen LogP contribution < -0.4 is 0 Å². The number of halogens is 3. The van der Waals surface area contributed by atoms with Gasteiger partial charge in [0.05, 0.1) is 23.9 Å². The Balaban J connectivity index is 1.68. The Kier molecular flexibility index (Phi) is 8.19. The lowest BCUT2D eigenvalue weighted by atomic mass is 10.2. The van der Waals surface area contributed by atoms with Crippen LogP contribution >= 0.6 is 45.8 Å². The number of carbonyl (C=O) groups excluding carboxylic acids is 1. The van der Waals surface area contributed by atoms with Crippen LogP contribution in [-0.2, 0) is 11.3 Å². The number of amides is 1. The lowest BCUT2D eigenvalue weighted by molar-refractivity contribution is -0.0582. The zero-order valence-corrected chi connectivity index (χ0v) is 23.8. The number of ether oxygens (including phenoxy) is 1. The highest BCUT2D eigenvalue weighted by molar-refractivity contribution is 14.1. The molecule has 1 amide bonds. The van der Waals surface area contributed by atoms with Crippen LogP contribution in [0.2, 0.25) is 10.0 Å². The number of hydrogen-bond donors (Lipinski definition) is 0. The van der Waals surface area contributed by atoms with E-state index in [9.17, 15) is 4.79 Å². The van der Waals surface area contributed by atoms with Crippen LogP contribution in [0.25, 0.3) is 17.1 Å². The number of hydrazine groups is 1. The molecule has 2 saturated heterocycles. The smallest absolute Gasteiger partial charge is 0.288 e. The molecule has 2 aromatic carbocycles. The van der Waals surface area contributed by atoms with Crippen molar-refractivity contribution in [1.29, 1.82) is 0 Å². The Morgan fingerprint density at radius 3 is 2.42 bits per heavy atom. The largest absolute Gasteiger partial charge is 0.379 e. The molecule has 0 saturated carbocycles. The minimum absolute atomic E-state index is 0.137. The molecule has 2 fully saturated rings. The quantitative estimate of drug-likeness (QED) is 0.340. The van der Waals surface area contributed by atoms with Crippen molar-refractivity contribution in [3.8, 4) is 17.1 Å². The van der Waals surface area contributed by atoms with E-state index in [1.807, 2.05) is 18.1 Å². The molecule has 0 N–H and O–H groups in total. The average Bonchev–Trinajstić information content (AvgIpc) is 3.53. The number of nitrogens with zero attached hydrogens (tertiary/aromatic N) is 5. The van der Waals surface area contributed by atoms with Crippen molar-refractivity contribution in [1.82, 2.24) is 24.5 Å². The van der Waals surface area contributed by atoms with E-state index in [0.29, 0.717) is 54.4 Å². The Morgan fingerprint density at radius 1 is 1.06 bits per heavy atom. The summed E-state index contributed by atoms with van der Waals surface area (Å²) in [6.45, 7) is 5.16. The van der Waals surface area contributed by atoms with Gasteiger partial charge in [0.1, 0.15) is 5.82 Å². The minimum atomic E-state index is -0.137. The van der Waals surface area contributed by atoms with Crippen molar-refractivity contribution in [2.24, 2.45) is 0 Å². The van der Waals surface area contributed by atoms with Crippen LogP contribution in [0.1, 0.15) is 29.0 Å². The zero-order valence-electron chi connectivity index (χ0n) is 20.1. The van der Waals surface area contributed by atoms with Crippen molar-refractivity contribution >= 4 is 51.7 Å². The van der Waals surface area contributed by atoms with E-state index in [1.54, 1.807) is 17.1 Å². The van der Waals surface area contributed by atoms with E-state index in [2.05, 4.69) is 56.3 Å². The van der Waals surface area contributed by atoms with E-state index in [1.165, 1.54) is 0 Å². The molecule has 0 spiro atoms. The van der Waals surface area contributed by atoms with Crippen LogP contribution in [-0.4, -0.2) is 76.8 Å². The molecule has 2 aliphatic rings. The SMILES string of the molecule is CN(C(=O)c1nc(-c2ccc(Cl)cc2Cl)n(-c2ccc(I)cc2)c1CN1CCCC1)N1CCOCC1. The molecule has 0 radical (unpaired) electrons. The van der Waals surface area contributed by atoms with Crippen LogP contribution in [0.15, 0.2) is 42.5 Å². The minimum Gasteiger partial charge on any atom is -0.379 e. The Bertz CT molecular complexity index is 1240. The number of benzene rings is 2. The molecule has 1 aromatic heterocycles. The normalized spacial score (nSPS) is 17.0. The van der Waals surface area contributed by atoms with Crippen LogP contribution in [0, 0.1) is 3.57 Å². The van der Waals surface area contributed by atoms with Gasteiger partial charge in [0.25, 0.3) is 5.91 Å². The second kappa shape index (κ2) is 11.4. The molecule has 7 nitrogen and oxygen atoms in total. The summed E-state index contributed by atoms with van der Waals surface area (Å²) in [5, 5.41) is 4.75. The Hall–Kier alpha value is -1.69. The maximum atomic E-state index is 14.0. The second-order valence-electron chi connectivity index (χ2n) is 9.04. The second-order valence-corrected chi connectivity index (χ2v) is 11.1. The molecule has 3 aromatic rings. The third-order valence-electron chi connectivity index (χ3n) is 6.71. The summed E-state index contributed by atoms with van der Waals surface area (Å²) < 4.78 is 8.71. The number of aromatic nitrogens is 2. The molecule has 0 bridgehead atoms. The molecular formula is C26H28Cl2IN5O2. The van der Waals surface area contributed by atoms with Gasteiger partial charge in [-0.3, -0.25) is 19.3 Å². The molecule has 190 valence electrons. The van der Waals surface area contributed by atoms with Gasteiger partial charge in [0.15, 0.2) is 5.69 Å². The third-order valence-corrected chi connectivity index (χ3v) is 7.98. The van der Waals surface area contributed by atoms with Gasteiger partial charge in [-0.2, -0.15) is 0 Å². The first-order valence-electron chi connectivity index (χ1n) is 12.1. The van der Waals surface area contributed by atoms with Crippen LogP contribution in [0.5, 0.6) is 0 Å². The Morgan fingerprint density at radius 2 is 1.75 bits per heavy atom. The fourth-order valence-electron chi connectivity index (χ4n) is 4.78. The van der Waals surface area contributed by atoms with Crippen molar-refractivity contribution in [3.63, 3.8) is 0 Å². The number of morpholine rings is 1. The van der Waals surface area contributed by atoms with Gasteiger partial charge in [-0.15, -0.1) is 0 Å². The number of hydrogen-bond acceptors (Lipinski definition) is 5. The maximum Gasteiger partial charge on any atom is 0.288 e.